The van der Waals surface area contributed by atoms with E-state index in [4.69, 9.17) is 5.73 Å². The molecule has 1 aromatic heterocycles. The number of rotatable bonds is 8. The lowest BCUT2D eigenvalue weighted by atomic mass is 9.89. The summed E-state index contributed by atoms with van der Waals surface area (Å²) in [4.78, 5) is 16.3. The molecule has 28 heavy (non-hydrogen) atoms. The number of hydrogen-bond donors (Lipinski definition) is 3. The Balaban J connectivity index is 1.35. The Morgan fingerprint density at radius 1 is 1.18 bits per heavy atom. The Hall–Kier alpha value is -1.65. The number of nitrogens with two attached hydrogens (primary N) is 1. The molecule has 3 fully saturated rings. The van der Waals surface area contributed by atoms with Gasteiger partial charge in [-0.05, 0) is 55.6 Å². The Morgan fingerprint density at radius 2 is 1.79 bits per heavy atom. The minimum atomic E-state index is -3.93. The fraction of sp³-hybridized carbons (Fsp3) is 0.667. The lowest BCUT2D eigenvalue weighted by Gasteiger charge is -2.34. The predicted molar refractivity (Wildman–Crippen MR) is 98.1 cm³/mol. The average molecular weight is 414 g/mol. The second-order valence-electron chi connectivity index (χ2n) is 8.23. The molecule has 0 spiro atoms. The van der Waals surface area contributed by atoms with E-state index >= 15 is 0 Å². The molecule has 1 atom stereocenters. The van der Waals surface area contributed by atoms with Gasteiger partial charge < -0.3 is 11.1 Å². The van der Waals surface area contributed by atoms with E-state index in [1.165, 1.54) is 12.1 Å². The number of carbonyl (C=O) groups is 1. The number of halogens is 2. The summed E-state index contributed by atoms with van der Waals surface area (Å²) >= 11 is 0. The van der Waals surface area contributed by atoms with Crippen molar-refractivity contribution in [2.24, 2.45) is 23.5 Å². The van der Waals surface area contributed by atoms with E-state index in [9.17, 15) is 22.0 Å². The molecule has 154 valence electrons. The number of alkyl halides is 2. The van der Waals surface area contributed by atoms with Crippen LogP contribution in [-0.2, 0) is 14.8 Å². The zero-order chi connectivity index (χ0) is 20.1. The van der Waals surface area contributed by atoms with Crippen LogP contribution in [0.2, 0.25) is 0 Å². The molecule has 3 saturated carbocycles. The summed E-state index contributed by atoms with van der Waals surface area (Å²) in [5, 5.41) is 2.65. The van der Waals surface area contributed by atoms with Crippen LogP contribution in [0.3, 0.4) is 0 Å². The maximum absolute atomic E-state index is 12.9. The van der Waals surface area contributed by atoms with Gasteiger partial charge in [0.1, 0.15) is 10.7 Å². The fourth-order valence-corrected chi connectivity index (χ4v) is 5.14. The van der Waals surface area contributed by atoms with Gasteiger partial charge in [-0.2, -0.15) is 0 Å². The summed E-state index contributed by atoms with van der Waals surface area (Å²) in [5.41, 5.74) is 6.18. The number of amides is 1. The zero-order valence-electron chi connectivity index (χ0n) is 15.3. The van der Waals surface area contributed by atoms with Gasteiger partial charge in [0.2, 0.25) is 15.9 Å². The standard InChI is InChI=1S/C18H24F2N4O3S/c19-18(20)7-12(8-18)24-28(26,27)13-5-6-14(22-9-13)23-17(25)16(21)15(10-1-2-10)11-3-4-11/h5-6,9-12,15-16,24H,1-4,7-8,21H2,(H,22,23,25)/t16-/m0/s1. The summed E-state index contributed by atoms with van der Waals surface area (Å²) in [6.45, 7) is 0. The fourth-order valence-electron chi connectivity index (χ4n) is 3.96. The van der Waals surface area contributed by atoms with Crippen molar-refractivity contribution in [3.63, 3.8) is 0 Å². The molecular formula is C18H24F2N4O3S. The second-order valence-corrected chi connectivity index (χ2v) is 9.94. The van der Waals surface area contributed by atoms with Crippen LogP contribution < -0.4 is 15.8 Å². The van der Waals surface area contributed by atoms with E-state index in [1.54, 1.807) is 0 Å². The van der Waals surface area contributed by atoms with Gasteiger partial charge in [-0.3, -0.25) is 4.79 Å². The van der Waals surface area contributed by atoms with Gasteiger partial charge in [0.05, 0.1) is 6.04 Å². The predicted octanol–water partition coefficient (Wildman–Crippen LogP) is 1.86. The highest BCUT2D eigenvalue weighted by molar-refractivity contribution is 7.89. The molecule has 0 aromatic carbocycles. The first kappa shape index (κ1) is 19.7. The quantitative estimate of drug-likeness (QED) is 0.601. The highest BCUT2D eigenvalue weighted by Gasteiger charge is 2.47. The van der Waals surface area contributed by atoms with Crippen LogP contribution in [0.5, 0.6) is 0 Å². The number of carbonyl (C=O) groups excluding carboxylic acids is 1. The molecule has 3 aliphatic rings. The van der Waals surface area contributed by atoms with Crippen LogP contribution >= 0.6 is 0 Å². The average Bonchev–Trinajstić information content (AvgIpc) is 3.48. The summed E-state index contributed by atoms with van der Waals surface area (Å²) in [6, 6.07) is 1.27. The van der Waals surface area contributed by atoms with Gasteiger partial charge in [0, 0.05) is 25.1 Å². The number of hydrogen-bond acceptors (Lipinski definition) is 5. The number of anilines is 1. The maximum Gasteiger partial charge on any atom is 0.251 e. The van der Waals surface area contributed by atoms with E-state index in [1.807, 2.05) is 0 Å². The lowest BCUT2D eigenvalue weighted by Crippen LogP contribution is -2.50. The minimum absolute atomic E-state index is 0.140. The third-order valence-corrected chi connectivity index (χ3v) is 7.27. The number of sulfonamides is 1. The van der Waals surface area contributed by atoms with Crippen molar-refractivity contribution in [1.82, 2.24) is 9.71 Å². The van der Waals surface area contributed by atoms with Crippen molar-refractivity contribution in [3.8, 4) is 0 Å². The van der Waals surface area contributed by atoms with Crippen LogP contribution in [0, 0.1) is 17.8 Å². The SMILES string of the molecule is N[C@H](C(=O)Nc1ccc(S(=O)(=O)NC2CC(F)(F)C2)cn1)C(C1CC1)C1CC1. The Bertz CT molecular complexity index is 834. The molecule has 4 N–H and O–H groups in total. The first-order chi connectivity index (χ1) is 13.1. The van der Waals surface area contributed by atoms with Gasteiger partial charge in [0.15, 0.2) is 0 Å². The number of aromatic nitrogens is 1. The number of pyridine rings is 1. The largest absolute Gasteiger partial charge is 0.320 e. The summed E-state index contributed by atoms with van der Waals surface area (Å²) < 4.78 is 52.5. The van der Waals surface area contributed by atoms with Gasteiger partial charge >= 0.3 is 0 Å². The van der Waals surface area contributed by atoms with E-state index < -0.39 is 40.9 Å². The Morgan fingerprint density at radius 3 is 2.25 bits per heavy atom. The molecule has 1 amide bonds. The number of nitrogens with one attached hydrogen (secondary N) is 2. The van der Waals surface area contributed by atoms with Gasteiger partial charge in [-0.15, -0.1) is 0 Å². The first-order valence-electron chi connectivity index (χ1n) is 9.57. The van der Waals surface area contributed by atoms with Crippen LogP contribution in [0.25, 0.3) is 0 Å². The number of nitrogens with zero attached hydrogens (tertiary/aromatic N) is 1. The van der Waals surface area contributed by atoms with Crippen molar-refractivity contribution in [3.05, 3.63) is 18.3 Å². The van der Waals surface area contributed by atoms with Crippen LogP contribution in [-0.4, -0.2) is 37.3 Å². The third-order valence-electron chi connectivity index (χ3n) is 5.76. The van der Waals surface area contributed by atoms with Gasteiger partial charge in [0.25, 0.3) is 5.92 Å². The third kappa shape index (κ3) is 4.33. The second kappa shape index (κ2) is 7.00. The van der Waals surface area contributed by atoms with E-state index in [-0.39, 0.29) is 22.5 Å². The minimum Gasteiger partial charge on any atom is -0.320 e. The summed E-state index contributed by atoms with van der Waals surface area (Å²) in [5.74, 6) is -1.67. The summed E-state index contributed by atoms with van der Waals surface area (Å²) in [7, 11) is -3.93. The van der Waals surface area contributed by atoms with E-state index in [2.05, 4.69) is 15.0 Å². The van der Waals surface area contributed by atoms with E-state index in [0.717, 1.165) is 31.9 Å². The molecule has 0 unspecified atom stereocenters. The topological polar surface area (TPSA) is 114 Å². The molecule has 0 bridgehead atoms. The van der Waals surface area contributed by atoms with Gasteiger partial charge in [-0.1, -0.05) is 0 Å². The normalized spacial score (nSPS) is 23.3. The maximum atomic E-state index is 12.9. The molecule has 7 nitrogen and oxygen atoms in total. The van der Waals surface area contributed by atoms with Crippen molar-refractivity contribution in [1.29, 1.82) is 0 Å². The van der Waals surface area contributed by atoms with Crippen molar-refractivity contribution in [2.75, 3.05) is 5.32 Å². The van der Waals surface area contributed by atoms with Crippen LogP contribution in [0.4, 0.5) is 14.6 Å². The monoisotopic (exact) mass is 414 g/mol. The van der Waals surface area contributed by atoms with Crippen molar-refractivity contribution >= 4 is 21.7 Å². The molecule has 0 radical (unpaired) electrons. The molecule has 1 aromatic rings. The van der Waals surface area contributed by atoms with Crippen molar-refractivity contribution in [2.45, 2.75) is 61.4 Å². The molecular weight excluding hydrogens is 390 g/mol. The molecule has 1 heterocycles. The smallest absolute Gasteiger partial charge is 0.251 e. The zero-order valence-corrected chi connectivity index (χ0v) is 16.1. The van der Waals surface area contributed by atoms with Crippen LogP contribution in [0.1, 0.15) is 38.5 Å². The highest BCUT2D eigenvalue weighted by atomic mass is 32.2. The molecule has 0 aliphatic heterocycles. The lowest BCUT2D eigenvalue weighted by molar-refractivity contribution is -0.118. The van der Waals surface area contributed by atoms with Gasteiger partial charge in [-0.25, -0.2) is 26.9 Å². The van der Waals surface area contributed by atoms with Crippen molar-refractivity contribution < 1.29 is 22.0 Å². The molecule has 4 rings (SSSR count). The molecule has 3 aliphatic carbocycles. The Kier molecular flexibility index (Phi) is 4.91. The first-order valence-corrected chi connectivity index (χ1v) is 11.1. The molecule has 0 saturated heterocycles. The van der Waals surface area contributed by atoms with E-state index in [0.29, 0.717) is 11.8 Å². The summed E-state index contributed by atoms with van der Waals surface area (Å²) in [6.07, 6.45) is 4.56. The van der Waals surface area contributed by atoms with Crippen LogP contribution in [0.15, 0.2) is 23.2 Å². The Labute approximate surface area is 162 Å². The molecule has 10 heteroatoms. The highest BCUT2D eigenvalue weighted by Crippen LogP contribution is 2.50.